The molecule has 0 fully saturated rings. The second-order valence-electron chi connectivity index (χ2n) is 11.2. The Hall–Kier alpha value is -5.54. The van der Waals surface area contributed by atoms with Crippen LogP contribution >= 0.6 is 0 Å². The lowest BCUT2D eigenvalue weighted by Gasteiger charge is -2.15. The lowest BCUT2D eigenvalue weighted by Crippen LogP contribution is -2.22. The van der Waals surface area contributed by atoms with E-state index in [1.807, 2.05) is 42.5 Å². The molecule has 2 aromatic heterocycles. The van der Waals surface area contributed by atoms with Gasteiger partial charge in [-0.2, -0.15) is 0 Å². The van der Waals surface area contributed by atoms with Gasteiger partial charge in [0.05, 0.1) is 6.04 Å². The summed E-state index contributed by atoms with van der Waals surface area (Å²) >= 11 is 0. The summed E-state index contributed by atoms with van der Waals surface area (Å²) in [5, 5.41) is 30.4. The zero-order valence-electron chi connectivity index (χ0n) is 23.8. The number of aromatic nitrogens is 2. The van der Waals surface area contributed by atoms with Crippen LogP contribution in [0, 0.1) is 0 Å². The second-order valence-corrected chi connectivity index (χ2v) is 11.2. The minimum absolute atomic E-state index is 0.132. The van der Waals surface area contributed by atoms with Crippen LogP contribution in [-0.4, -0.2) is 31.8 Å². The molecule has 1 unspecified atom stereocenters. The molecule has 6 N–H and O–H groups in total. The summed E-state index contributed by atoms with van der Waals surface area (Å²) in [6.45, 7) is 2.14. The van der Waals surface area contributed by atoms with Crippen molar-refractivity contribution in [1.29, 1.82) is 0 Å². The van der Waals surface area contributed by atoms with Crippen LogP contribution in [-0.2, 0) is 26.2 Å². The van der Waals surface area contributed by atoms with E-state index in [0.29, 0.717) is 25.2 Å². The van der Waals surface area contributed by atoms with Crippen LogP contribution in [0.25, 0.3) is 21.8 Å². The van der Waals surface area contributed by atoms with Crippen LogP contribution in [0.3, 0.4) is 0 Å². The van der Waals surface area contributed by atoms with E-state index in [-0.39, 0.29) is 24.2 Å². The summed E-state index contributed by atoms with van der Waals surface area (Å²) in [5.74, 6) is -0.0121. The van der Waals surface area contributed by atoms with E-state index < -0.39 is 6.09 Å². The highest BCUT2D eigenvalue weighted by Crippen LogP contribution is 2.38. The number of amides is 2. The highest BCUT2D eigenvalue weighted by molar-refractivity contribution is 6.01. The van der Waals surface area contributed by atoms with E-state index in [2.05, 4.69) is 62.0 Å². The molecule has 1 atom stereocenters. The van der Waals surface area contributed by atoms with Crippen LogP contribution in [0.5, 0.6) is 5.75 Å². The quantitative estimate of drug-likeness (QED) is 0.128. The fraction of sp³-hybridized carbons (Fsp3) is 0.143. The number of phenolic OH excluding ortho intramolecular Hbond substituents is 1. The smallest absolute Gasteiger partial charge is 0.404 e. The van der Waals surface area contributed by atoms with Gasteiger partial charge < -0.3 is 35.7 Å². The van der Waals surface area contributed by atoms with Crippen molar-refractivity contribution in [2.45, 2.75) is 32.2 Å². The molecule has 4 aromatic carbocycles. The Morgan fingerprint density at radius 3 is 2.59 bits per heavy atom. The molecule has 0 saturated carbocycles. The Morgan fingerprint density at radius 2 is 1.70 bits per heavy atom. The Labute approximate surface area is 253 Å². The van der Waals surface area contributed by atoms with Gasteiger partial charge in [-0.15, -0.1) is 0 Å². The van der Waals surface area contributed by atoms with Crippen molar-refractivity contribution in [2.24, 2.45) is 0 Å². The van der Waals surface area contributed by atoms with Gasteiger partial charge in [0, 0.05) is 65.6 Å². The van der Waals surface area contributed by atoms with Crippen molar-refractivity contribution in [2.75, 3.05) is 0 Å². The monoisotopic (exact) mass is 585 g/mol. The number of para-hydroxylation sites is 1. The number of rotatable bonds is 9. The average molecular weight is 586 g/mol. The van der Waals surface area contributed by atoms with E-state index in [1.165, 1.54) is 0 Å². The molecular weight excluding hydrogens is 554 g/mol. The molecule has 220 valence electrons. The maximum Gasteiger partial charge on any atom is 0.404 e. The van der Waals surface area contributed by atoms with Crippen molar-refractivity contribution in [3.05, 3.63) is 136 Å². The summed E-state index contributed by atoms with van der Waals surface area (Å²) in [7, 11) is 0. The van der Waals surface area contributed by atoms with E-state index in [1.54, 1.807) is 18.2 Å². The van der Waals surface area contributed by atoms with Gasteiger partial charge in [0.15, 0.2) is 0 Å². The van der Waals surface area contributed by atoms with E-state index in [0.717, 1.165) is 55.3 Å². The molecule has 0 saturated heterocycles. The Balaban J connectivity index is 1.11. The van der Waals surface area contributed by atoms with E-state index in [4.69, 9.17) is 5.11 Å². The maximum atomic E-state index is 12.8. The molecule has 9 heteroatoms. The number of aromatic amines is 1. The predicted molar refractivity (Wildman–Crippen MR) is 169 cm³/mol. The molecule has 7 rings (SSSR count). The minimum Gasteiger partial charge on any atom is -0.508 e. The lowest BCUT2D eigenvalue weighted by molar-refractivity contribution is 0.0960. The number of H-pyrrole nitrogens is 1. The number of fused-ring (bicyclic) bond motifs is 3. The summed E-state index contributed by atoms with van der Waals surface area (Å²) in [6, 6.07) is 29.1. The number of nitrogens with zero attached hydrogens (tertiary/aromatic N) is 1. The van der Waals surface area contributed by atoms with Gasteiger partial charge >= 0.3 is 6.09 Å². The average Bonchev–Trinajstić information content (AvgIpc) is 3.69. The molecule has 0 aliphatic carbocycles. The first-order valence-electron chi connectivity index (χ1n) is 14.5. The topological polar surface area (TPSA) is 131 Å². The minimum atomic E-state index is -1.04. The first-order chi connectivity index (χ1) is 21.4. The molecule has 3 heterocycles. The molecule has 44 heavy (non-hydrogen) atoms. The van der Waals surface area contributed by atoms with Crippen LogP contribution in [0.2, 0.25) is 0 Å². The SMILES string of the molecule is O=C(O)NCc1cccc(Cn2ccc3ccc(CNCc4[nH]c5ccccc5c4C4NC(=O)c5ccc(O)cc54)cc32)c1. The van der Waals surface area contributed by atoms with Gasteiger partial charge in [-0.1, -0.05) is 54.6 Å². The number of hydrogen-bond donors (Lipinski definition) is 6. The number of benzene rings is 4. The molecule has 0 spiro atoms. The van der Waals surface area contributed by atoms with Crippen LogP contribution in [0.15, 0.2) is 97.2 Å². The normalized spacial score (nSPS) is 14.2. The van der Waals surface area contributed by atoms with Crippen molar-refractivity contribution in [3.8, 4) is 5.75 Å². The van der Waals surface area contributed by atoms with Crippen molar-refractivity contribution in [1.82, 2.24) is 25.5 Å². The molecule has 2 amide bonds. The summed E-state index contributed by atoms with van der Waals surface area (Å²) in [4.78, 5) is 27.2. The predicted octanol–water partition coefficient (Wildman–Crippen LogP) is 5.77. The largest absolute Gasteiger partial charge is 0.508 e. The van der Waals surface area contributed by atoms with Crippen molar-refractivity contribution in [3.63, 3.8) is 0 Å². The molecular formula is C35H31N5O4. The Bertz CT molecular complexity index is 2040. The van der Waals surface area contributed by atoms with E-state index >= 15 is 0 Å². The zero-order valence-corrected chi connectivity index (χ0v) is 23.8. The van der Waals surface area contributed by atoms with Gasteiger partial charge in [-0.25, -0.2) is 4.79 Å². The van der Waals surface area contributed by atoms with Gasteiger partial charge in [0.25, 0.3) is 5.91 Å². The van der Waals surface area contributed by atoms with Gasteiger partial charge in [0.2, 0.25) is 0 Å². The first kappa shape index (κ1) is 27.3. The number of carboxylic acid groups (broad SMARTS) is 1. The molecule has 1 aliphatic heterocycles. The van der Waals surface area contributed by atoms with E-state index in [9.17, 15) is 14.7 Å². The molecule has 9 nitrogen and oxygen atoms in total. The fourth-order valence-electron chi connectivity index (χ4n) is 6.22. The summed E-state index contributed by atoms with van der Waals surface area (Å²) in [6.07, 6.45) is 1.04. The van der Waals surface area contributed by atoms with Crippen molar-refractivity contribution >= 4 is 33.8 Å². The number of aromatic hydroxyl groups is 1. The second kappa shape index (κ2) is 11.3. The summed E-state index contributed by atoms with van der Waals surface area (Å²) < 4.78 is 2.20. The number of phenols is 1. The number of carbonyl (C=O) groups excluding carboxylic acids is 1. The molecule has 0 bridgehead atoms. The highest BCUT2D eigenvalue weighted by Gasteiger charge is 2.33. The van der Waals surface area contributed by atoms with Crippen LogP contribution < -0.4 is 16.0 Å². The molecule has 0 radical (unpaired) electrons. The third kappa shape index (κ3) is 5.25. The number of hydrogen-bond acceptors (Lipinski definition) is 4. The van der Waals surface area contributed by atoms with Gasteiger partial charge in [-0.3, -0.25) is 4.79 Å². The highest BCUT2D eigenvalue weighted by atomic mass is 16.4. The third-order valence-electron chi connectivity index (χ3n) is 8.24. The van der Waals surface area contributed by atoms with Gasteiger partial charge in [-0.05, 0) is 64.0 Å². The van der Waals surface area contributed by atoms with Crippen molar-refractivity contribution < 1.29 is 19.8 Å². The fourth-order valence-corrected chi connectivity index (χ4v) is 6.22. The first-order valence-corrected chi connectivity index (χ1v) is 14.5. The van der Waals surface area contributed by atoms with Crippen LogP contribution in [0.4, 0.5) is 4.79 Å². The lowest BCUT2D eigenvalue weighted by atomic mass is 9.95. The Kier molecular flexibility index (Phi) is 7.00. The number of nitrogens with one attached hydrogen (secondary N) is 4. The standard InChI is InChI=1S/C35H31N5O4/c41-25-10-11-26-28(16-25)33(39-34(26)42)32-27-6-1-2-7-29(27)38-30(32)19-36-17-22-8-9-24-12-13-40(31(24)15-22)20-23-5-3-4-21(14-23)18-37-35(43)44/h1-16,33,36-38,41H,17-20H2,(H,39,42)(H,43,44). The third-order valence-corrected chi connectivity index (χ3v) is 8.24. The maximum absolute atomic E-state index is 12.8. The molecule has 1 aliphatic rings. The zero-order chi connectivity index (χ0) is 30.2. The number of carbonyl (C=O) groups is 2. The molecule has 6 aromatic rings. The van der Waals surface area contributed by atoms with Gasteiger partial charge in [0.1, 0.15) is 5.75 Å². The van der Waals surface area contributed by atoms with Crippen LogP contribution in [0.1, 0.15) is 49.9 Å². The Morgan fingerprint density at radius 1 is 0.864 bits per heavy atom. The summed E-state index contributed by atoms with van der Waals surface area (Å²) in [5.41, 5.74) is 8.59.